The maximum absolute atomic E-state index is 13.5. The monoisotopic (exact) mass is 498 g/mol. The summed E-state index contributed by atoms with van der Waals surface area (Å²) >= 11 is 0. The molecule has 3 aliphatic heterocycles. The summed E-state index contributed by atoms with van der Waals surface area (Å²) < 4.78 is 78.7. The lowest BCUT2D eigenvalue weighted by Gasteiger charge is -2.21. The fourth-order valence-corrected chi connectivity index (χ4v) is 5.84. The summed E-state index contributed by atoms with van der Waals surface area (Å²) in [5, 5.41) is 7.78. The molecule has 0 bridgehead atoms. The van der Waals surface area contributed by atoms with Crippen LogP contribution in [0.1, 0.15) is 25.5 Å². The molecular formula is C23H25F3N2O5S. The highest BCUT2D eigenvalue weighted by Crippen LogP contribution is 2.41. The molecule has 1 aromatic rings. The second-order valence-electron chi connectivity index (χ2n) is 8.38. The van der Waals surface area contributed by atoms with Crippen molar-refractivity contribution in [2.24, 2.45) is 5.92 Å². The molecule has 1 saturated heterocycles. The van der Waals surface area contributed by atoms with Gasteiger partial charge in [-0.2, -0.15) is 17.9 Å². The highest BCUT2D eigenvalue weighted by atomic mass is 32.2. The summed E-state index contributed by atoms with van der Waals surface area (Å²) in [5.74, 6) is 0.715. The van der Waals surface area contributed by atoms with Crippen molar-refractivity contribution in [1.82, 2.24) is 9.71 Å². The molecule has 0 saturated carbocycles. The van der Waals surface area contributed by atoms with E-state index in [1.165, 1.54) is 25.3 Å². The summed E-state index contributed by atoms with van der Waals surface area (Å²) in [4.78, 5) is 3.69. The SMILES string of the molecule is CCC(C(F)(F)F)S(=O)(=O)c1ccc(OCC2CCOC2)c(-c2cc(C)n(O)c3nccc2-3)c1. The van der Waals surface area contributed by atoms with E-state index in [9.17, 15) is 26.8 Å². The van der Waals surface area contributed by atoms with E-state index in [1.54, 1.807) is 19.1 Å². The molecule has 0 aliphatic carbocycles. The fourth-order valence-electron chi connectivity index (χ4n) is 4.18. The predicted molar refractivity (Wildman–Crippen MR) is 118 cm³/mol. The molecule has 7 nitrogen and oxygen atoms in total. The summed E-state index contributed by atoms with van der Waals surface area (Å²) in [7, 11) is -4.72. The molecule has 0 radical (unpaired) electrons. The van der Waals surface area contributed by atoms with Gasteiger partial charge in [0, 0.05) is 29.8 Å². The van der Waals surface area contributed by atoms with E-state index in [2.05, 4.69) is 4.98 Å². The standard InChI is InChI=1S/C23H25F3N2O5S/c1-3-21(23(24,25)26)34(30,31)16-4-5-20(33-13-15-7-9-32-12-15)19(11-16)18-10-14(2)28(29)22-17(18)6-8-27-22/h4-6,8,10-11,15,21,29H,3,7,9,12-13H2,1-2H3. The van der Waals surface area contributed by atoms with E-state index in [0.29, 0.717) is 48.0 Å². The molecular weight excluding hydrogens is 473 g/mol. The number of aryl methyl sites for hydroxylation is 1. The maximum Gasteiger partial charge on any atom is 0.405 e. The topological polar surface area (TPSA) is 90.7 Å². The van der Waals surface area contributed by atoms with Crippen LogP contribution in [0.2, 0.25) is 0 Å². The van der Waals surface area contributed by atoms with Gasteiger partial charge in [-0.05, 0) is 55.7 Å². The number of ether oxygens (including phenoxy) is 2. The number of hydrogen-bond donors (Lipinski definition) is 1. The van der Waals surface area contributed by atoms with Crippen LogP contribution in [0.25, 0.3) is 22.5 Å². The lowest BCUT2D eigenvalue weighted by molar-refractivity contribution is -0.130. The number of halogens is 3. The van der Waals surface area contributed by atoms with Crippen LogP contribution >= 0.6 is 0 Å². The quantitative estimate of drug-likeness (QED) is 0.474. The third kappa shape index (κ3) is 4.46. The van der Waals surface area contributed by atoms with Crippen molar-refractivity contribution in [2.45, 2.75) is 43.0 Å². The van der Waals surface area contributed by atoms with Gasteiger partial charge in [-0.1, -0.05) is 6.92 Å². The number of pyridine rings is 1. The molecule has 11 heteroatoms. The van der Waals surface area contributed by atoms with E-state index < -0.39 is 32.6 Å². The van der Waals surface area contributed by atoms with Gasteiger partial charge in [-0.15, -0.1) is 0 Å². The Hall–Kier alpha value is -2.79. The van der Waals surface area contributed by atoms with Crippen LogP contribution in [0.3, 0.4) is 0 Å². The van der Waals surface area contributed by atoms with Gasteiger partial charge < -0.3 is 14.7 Å². The van der Waals surface area contributed by atoms with Gasteiger partial charge in [0.25, 0.3) is 0 Å². The lowest BCUT2D eigenvalue weighted by Crippen LogP contribution is -2.36. The lowest BCUT2D eigenvalue weighted by atomic mass is 9.98. The summed E-state index contributed by atoms with van der Waals surface area (Å²) in [5.41, 5.74) is 1.70. The van der Waals surface area contributed by atoms with E-state index in [4.69, 9.17) is 9.47 Å². The van der Waals surface area contributed by atoms with Crippen LogP contribution in [0.15, 0.2) is 41.4 Å². The minimum Gasteiger partial charge on any atom is -0.493 e. The zero-order valence-electron chi connectivity index (χ0n) is 18.7. The van der Waals surface area contributed by atoms with E-state index >= 15 is 0 Å². The van der Waals surface area contributed by atoms with Crippen molar-refractivity contribution < 1.29 is 36.3 Å². The largest absolute Gasteiger partial charge is 0.493 e. The van der Waals surface area contributed by atoms with E-state index in [-0.39, 0.29) is 11.7 Å². The normalized spacial score (nSPS) is 17.9. The molecule has 0 amide bonds. The Kier molecular flexibility index (Phi) is 6.52. The number of fused-ring (bicyclic) bond motifs is 1. The molecule has 0 spiro atoms. The summed E-state index contributed by atoms with van der Waals surface area (Å²) in [6.45, 7) is 4.30. The highest BCUT2D eigenvalue weighted by molar-refractivity contribution is 7.92. The Morgan fingerprint density at radius 2 is 2.00 bits per heavy atom. The van der Waals surface area contributed by atoms with Gasteiger partial charge >= 0.3 is 6.18 Å². The van der Waals surface area contributed by atoms with Gasteiger partial charge in [0.15, 0.2) is 20.9 Å². The molecule has 184 valence electrons. The van der Waals surface area contributed by atoms with Crippen molar-refractivity contribution in [3.63, 3.8) is 0 Å². The van der Waals surface area contributed by atoms with Crippen molar-refractivity contribution in [2.75, 3.05) is 19.8 Å². The Morgan fingerprint density at radius 3 is 2.65 bits per heavy atom. The van der Waals surface area contributed by atoms with Crippen LogP contribution in [0, 0.1) is 12.8 Å². The Morgan fingerprint density at radius 1 is 1.24 bits per heavy atom. The van der Waals surface area contributed by atoms with Crippen molar-refractivity contribution in [1.29, 1.82) is 0 Å². The molecule has 3 aliphatic rings. The van der Waals surface area contributed by atoms with E-state index in [0.717, 1.165) is 17.2 Å². The highest BCUT2D eigenvalue weighted by Gasteiger charge is 2.48. The van der Waals surface area contributed by atoms with Crippen LogP contribution in [0.5, 0.6) is 5.75 Å². The number of alkyl halides is 3. The smallest absolute Gasteiger partial charge is 0.405 e. The van der Waals surface area contributed by atoms with Crippen LogP contribution in [-0.2, 0) is 14.6 Å². The first-order chi connectivity index (χ1) is 16.0. The van der Waals surface area contributed by atoms with Crippen LogP contribution in [0.4, 0.5) is 13.2 Å². The van der Waals surface area contributed by atoms with Crippen molar-refractivity contribution >= 4 is 9.84 Å². The van der Waals surface area contributed by atoms with E-state index in [1.807, 2.05) is 0 Å². The molecule has 2 unspecified atom stereocenters. The Balaban J connectivity index is 1.85. The molecule has 1 N–H and O–H groups in total. The number of rotatable bonds is 7. The third-order valence-corrected chi connectivity index (χ3v) is 8.30. The first-order valence-corrected chi connectivity index (χ1v) is 12.4. The van der Waals surface area contributed by atoms with Gasteiger partial charge in [-0.25, -0.2) is 13.4 Å². The minimum atomic E-state index is -4.90. The second kappa shape index (κ2) is 9.10. The molecule has 1 fully saturated rings. The third-order valence-electron chi connectivity index (χ3n) is 6.04. The van der Waals surface area contributed by atoms with Gasteiger partial charge in [0.1, 0.15) is 5.75 Å². The minimum absolute atomic E-state index is 0.156. The number of sulfone groups is 1. The first kappa shape index (κ1) is 24.3. The predicted octanol–water partition coefficient (Wildman–Crippen LogP) is 4.73. The van der Waals surface area contributed by atoms with Crippen LogP contribution < -0.4 is 4.74 Å². The number of aromatic nitrogens is 2. The molecule has 0 aromatic heterocycles. The van der Waals surface area contributed by atoms with Crippen molar-refractivity contribution in [3.05, 3.63) is 42.2 Å². The summed E-state index contributed by atoms with van der Waals surface area (Å²) in [6, 6.07) is 7.00. The maximum atomic E-state index is 13.5. The molecule has 2 atom stereocenters. The average molecular weight is 499 g/mol. The first-order valence-electron chi connectivity index (χ1n) is 10.9. The zero-order valence-corrected chi connectivity index (χ0v) is 19.5. The fraction of sp³-hybridized carbons (Fsp3) is 0.435. The van der Waals surface area contributed by atoms with Crippen LogP contribution in [-0.4, -0.2) is 54.6 Å². The van der Waals surface area contributed by atoms with Gasteiger partial charge in [-0.3, -0.25) is 0 Å². The number of hydrogen-bond acceptors (Lipinski definition) is 6. The molecule has 34 heavy (non-hydrogen) atoms. The molecule has 4 rings (SSSR count). The van der Waals surface area contributed by atoms with Gasteiger partial charge in [0.2, 0.25) is 0 Å². The molecule has 3 heterocycles. The number of nitrogens with zero attached hydrogens (tertiary/aromatic N) is 2. The average Bonchev–Trinajstić information content (AvgIpc) is 3.46. The van der Waals surface area contributed by atoms with Crippen molar-refractivity contribution in [3.8, 4) is 28.3 Å². The van der Waals surface area contributed by atoms with Gasteiger partial charge in [0.05, 0.1) is 23.8 Å². The number of benzene rings is 1. The second-order valence-corrected chi connectivity index (χ2v) is 10.5. The zero-order chi connectivity index (χ0) is 24.7. The molecule has 1 aromatic carbocycles. The Bertz CT molecular complexity index is 1250. The summed E-state index contributed by atoms with van der Waals surface area (Å²) in [6.07, 6.45) is -3.21. The Labute approximate surface area is 195 Å².